The maximum atomic E-state index is 13.1. The Morgan fingerprint density at radius 3 is 2.48 bits per heavy atom. The summed E-state index contributed by atoms with van der Waals surface area (Å²) >= 11 is 0. The van der Waals surface area contributed by atoms with E-state index in [0.717, 1.165) is 30.4 Å². The fourth-order valence-electron chi connectivity index (χ4n) is 5.04. The number of nitrogens with zero attached hydrogens (tertiary/aromatic N) is 2. The summed E-state index contributed by atoms with van der Waals surface area (Å²) in [6, 6.07) is 12.1. The molecule has 6 nitrogen and oxygen atoms in total. The maximum Gasteiger partial charge on any atom is 0.227 e. The molecular weight excluding hydrogens is 423 g/mol. The van der Waals surface area contributed by atoms with Crippen LogP contribution in [0, 0.1) is 11.7 Å². The number of rotatable bonds is 7. The summed E-state index contributed by atoms with van der Waals surface area (Å²) in [4.78, 5) is 29.5. The summed E-state index contributed by atoms with van der Waals surface area (Å²) in [5.74, 6) is 1.63. The van der Waals surface area contributed by atoms with Crippen LogP contribution in [-0.2, 0) is 22.4 Å². The molecule has 33 heavy (non-hydrogen) atoms. The molecule has 2 aromatic carbocycles. The van der Waals surface area contributed by atoms with Gasteiger partial charge in [-0.15, -0.1) is 0 Å². The number of fused-ring (bicyclic) bond motifs is 1. The molecule has 0 unspecified atom stereocenters. The van der Waals surface area contributed by atoms with Crippen molar-refractivity contribution in [3.63, 3.8) is 0 Å². The Balaban J connectivity index is 1.36. The number of likely N-dealkylation sites (tertiary alicyclic amines) is 2. The molecule has 2 heterocycles. The largest absolute Gasteiger partial charge is 0.493 e. The monoisotopic (exact) mass is 454 g/mol. The molecule has 2 saturated heterocycles. The maximum absolute atomic E-state index is 13.1. The molecule has 2 atom stereocenters. The number of ether oxygens (including phenoxy) is 2. The minimum atomic E-state index is -0.299. The SMILES string of the molecule is COc1ccc(CCN2C(=O)CC[C@@H]3CN(C(=O)Cc4ccc(F)cc4)CC[C@@H]32)cc1OC. The van der Waals surface area contributed by atoms with Crippen LogP contribution in [0.1, 0.15) is 30.4 Å². The van der Waals surface area contributed by atoms with Crippen molar-refractivity contribution in [1.29, 1.82) is 0 Å². The van der Waals surface area contributed by atoms with Crippen molar-refractivity contribution in [2.24, 2.45) is 5.92 Å². The smallest absolute Gasteiger partial charge is 0.227 e. The van der Waals surface area contributed by atoms with E-state index in [-0.39, 0.29) is 30.1 Å². The zero-order valence-electron chi connectivity index (χ0n) is 19.3. The van der Waals surface area contributed by atoms with Crippen molar-refractivity contribution < 1.29 is 23.5 Å². The van der Waals surface area contributed by atoms with Crippen LogP contribution < -0.4 is 9.47 Å². The molecule has 0 bridgehead atoms. The molecular formula is C26H31FN2O4. The van der Waals surface area contributed by atoms with Crippen LogP contribution in [-0.4, -0.2) is 61.5 Å². The first-order chi connectivity index (χ1) is 16.0. The van der Waals surface area contributed by atoms with E-state index in [2.05, 4.69) is 0 Å². The van der Waals surface area contributed by atoms with Gasteiger partial charge in [0.25, 0.3) is 0 Å². The topological polar surface area (TPSA) is 59.1 Å². The molecule has 0 aliphatic carbocycles. The lowest BCUT2D eigenvalue weighted by Crippen LogP contribution is -2.57. The van der Waals surface area contributed by atoms with E-state index < -0.39 is 0 Å². The lowest BCUT2D eigenvalue weighted by Gasteiger charge is -2.47. The van der Waals surface area contributed by atoms with Gasteiger partial charge in [0, 0.05) is 32.1 Å². The van der Waals surface area contributed by atoms with E-state index >= 15 is 0 Å². The number of halogens is 1. The second kappa shape index (κ2) is 10.2. The number of benzene rings is 2. The summed E-state index contributed by atoms with van der Waals surface area (Å²) in [6.07, 6.45) is 3.14. The van der Waals surface area contributed by atoms with Crippen LogP contribution in [0.25, 0.3) is 0 Å². The minimum Gasteiger partial charge on any atom is -0.493 e. The van der Waals surface area contributed by atoms with Gasteiger partial charge in [0.05, 0.1) is 20.6 Å². The van der Waals surface area contributed by atoms with Crippen LogP contribution in [0.5, 0.6) is 11.5 Å². The Labute approximate surface area is 194 Å². The van der Waals surface area contributed by atoms with Crippen molar-refractivity contribution >= 4 is 11.8 Å². The van der Waals surface area contributed by atoms with Gasteiger partial charge in [0.1, 0.15) is 5.82 Å². The summed E-state index contributed by atoms with van der Waals surface area (Å²) in [5.41, 5.74) is 1.91. The number of methoxy groups -OCH3 is 2. The molecule has 0 N–H and O–H groups in total. The van der Waals surface area contributed by atoms with Crippen molar-refractivity contribution in [3.05, 3.63) is 59.4 Å². The van der Waals surface area contributed by atoms with Crippen LogP contribution in [0.4, 0.5) is 4.39 Å². The zero-order chi connectivity index (χ0) is 23.4. The first-order valence-corrected chi connectivity index (χ1v) is 11.5. The summed E-state index contributed by atoms with van der Waals surface area (Å²) in [6.45, 7) is 1.96. The van der Waals surface area contributed by atoms with Gasteiger partial charge in [-0.3, -0.25) is 9.59 Å². The molecule has 0 radical (unpaired) electrons. The van der Waals surface area contributed by atoms with Crippen LogP contribution >= 0.6 is 0 Å². The Bertz CT molecular complexity index is 994. The highest BCUT2D eigenvalue weighted by atomic mass is 19.1. The van der Waals surface area contributed by atoms with Crippen molar-refractivity contribution in [2.45, 2.75) is 38.1 Å². The van der Waals surface area contributed by atoms with Crippen LogP contribution in [0.3, 0.4) is 0 Å². The number of amides is 2. The number of hydrogen-bond acceptors (Lipinski definition) is 4. The Hall–Kier alpha value is -3.09. The molecule has 4 rings (SSSR count). The summed E-state index contributed by atoms with van der Waals surface area (Å²) in [7, 11) is 3.23. The van der Waals surface area contributed by atoms with E-state index in [0.29, 0.717) is 43.5 Å². The quantitative estimate of drug-likeness (QED) is 0.643. The van der Waals surface area contributed by atoms with E-state index in [1.54, 1.807) is 26.4 Å². The molecule has 2 aromatic rings. The van der Waals surface area contributed by atoms with E-state index in [9.17, 15) is 14.0 Å². The van der Waals surface area contributed by atoms with Gasteiger partial charge in [-0.25, -0.2) is 4.39 Å². The van der Waals surface area contributed by atoms with Gasteiger partial charge in [-0.1, -0.05) is 18.2 Å². The van der Waals surface area contributed by atoms with Gasteiger partial charge >= 0.3 is 0 Å². The number of piperidine rings is 2. The van der Waals surface area contributed by atoms with Gasteiger partial charge in [-0.2, -0.15) is 0 Å². The highest BCUT2D eigenvalue weighted by Gasteiger charge is 2.40. The Morgan fingerprint density at radius 2 is 1.76 bits per heavy atom. The Morgan fingerprint density at radius 1 is 1.03 bits per heavy atom. The predicted molar refractivity (Wildman–Crippen MR) is 123 cm³/mol. The molecule has 2 aliphatic rings. The molecule has 0 aromatic heterocycles. The standard InChI is InChI=1S/C26H31FN2O4/c1-32-23-9-5-19(15-24(23)33-2)11-14-29-22-12-13-28(17-20(22)6-10-25(29)30)26(31)16-18-3-7-21(27)8-4-18/h3-5,7-9,15,20,22H,6,10-14,16-17H2,1-2H3/t20-,22+/m1/s1. The van der Waals surface area contributed by atoms with Gasteiger partial charge in [0.15, 0.2) is 11.5 Å². The number of carbonyl (C=O) groups excluding carboxylic acids is 2. The molecule has 0 spiro atoms. The normalized spacial score (nSPS) is 20.4. The second-order valence-electron chi connectivity index (χ2n) is 8.82. The average Bonchev–Trinajstić information content (AvgIpc) is 2.84. The third kappa shape index (κ3) is 5.29. The van der Waals surface area contributed by atoms with Crippen molar-refractivity contribution in [2.75, 3.05) is 33.9 Å². The second-order valence-corrected chi connectivity index (χ2v) is 8.82. The first-order valence-electron chi connectivity index (χ1n) is 11.5. The third-order valence-corrected chi connectivity index (χ3v) is 6.85. The molecule has 2 fully saturated rings. The minimum absolute atomic E-state index is 0.0637. The Kier molecular flexibility index (Phi) is 7.16. The van der Waals surface area contributed by atoms with E-state index in [1.165, 1.54) is 12.1 Å². The van der Waals surface area contributed by atoms with E-state index in [4.69, 9.17) is 9.47 Å². The summed E-state index contributed by atoms with van der Waals surface area (Å²) in [5, 5.41) is 0. The van der Waals surface area contributed by atoms with E-state index in [1.807, 2.05) is 28.0 Å². The highest BCUT2D eigenvalue weighted by molar-refractivity contribution is 5.80. The molecule has 176 valence electrons. The van der Waals surface area contributed by atoms with Gasteiger partial charge in [-0.05, 0) is 60.6 Å². The van der Waals surface area contributed by atoms with Crippen molar-refractivity contribution in [3.8, 4) is 11.5 Å². The molecule has 0 saturated carbocycles. The van der Waals surface area contributed by atoms with Crippen LogP contribution in [0.2, 0.25) is 0 Å². The lowest BCUT2D eigenvalue weighted by atomic mass is 9.83. The predicted octanol–water partition coefficient (Wildman–Crippen LogP) is 3.47. The average molecular weight is 455 g/mol. The highest BCUT2D eigenvalue weighted by Crippen LogP contribution is 2.32. The fraction of sp³-hybridized carbons (Fsp3) is 0.462. The van der Waals surface area contributed by atoms with Crippen molar-refractivity contribution in [1.82, 2.24) is 9.80 Å². The summed E-state index contributed by atoms with van der Waals surface area (Å²) < 4.78 is 23.8. The fourth-order valence-corrected chi connectivity index (χ4v) is 5.04. The number of carbonyl (C=O) groups is 2. The number of hydrogen-bond donors (Lipinski definition) is 0. The van der Waals surface area contributed by atoms with Gasteiger partial charge in [0.2, 0.25) is 11.8 Å². The molecule has 2 aliphatic heterocycles. The lowest BCUT2D eigenvalue weighted by molar-refractivity contribution is -0.143. The van der Waals surface area contributed by atoms with Gasteiger partial charge < -0.3 is 19.3 Å². The van der Waals surface area contributed by atoms with Crippen LogP contribution in [0.15, 0.2) is 42.5 Å². The molecule has 2 amide bonds. The third-order valence-electron chi connectivity index (χ3n) is 6.85. The zero-order valence-corrected chi connectivity index (χ0v) is 19.3. The molecule has 7 heteroatoms. The first kappa shape index (κ1) is 23.1.